The number of aliphatic hydroxyl groups excluding tert-OH is 1. The van der Waals surface area contributed by atoms with Gasteiger partial charge in [-0.05, 0) is 24.5 Å². The summed E-state index contributed by atoms with van der Waals surface area (Å²) in [6.07, 6.45) is 1.39. The molecule has 1 atom stereocenters. The lowest BCUT2D eigenvalue weighted by Crippen LogP contribution is -2.32. The van der Waals surface area contributed by atoms with Crippen LogP contribution < -0.4 is 5.32 Å². The van der Waals surface area contributed by atoms with Gasteiger partial charge in [-0.2, -0.15) is 0 Å². The summed E-state index contributed by atoms with van der Waals surface area (Å²) in [4.78, 5) is 13.9. The molecule has 98 valence electrons. The number of para-hydroxylation sites is 1. The molecule has 0 spiro atoms. The van der Waals surface area contributed by atoms with Crippen molar-refractivity contribution in [1.82, 2.24) is 4.90 Å². The molecule has 1 aromatic rings. The van der Waals surface area contributed by atoms with Crippen molar-refractivity contribution in [2.75, 3.05) is 25.0 Å². The molecule has 2 N–H and O–H groups in total. The molecule has 1 amide bonds. The molecule has 0 bridgehead atoms. The third-order valence-electron chi connectivity index (χ3n) is 3.29. The van der Waals surface area contributed by atoms with E-state index >= 15 is 0 Å². The first-order chi connectivity index (χ1) is 8.69. The van der Waals surface area contributed by atoms with Crippen LogP contribution >= 0.6 is 0 Å². The van der Waals surface area contributed by atoms with E-state index in [0.29, 0.717) is 13.1 Å². The maximum atomic E-state index is 11.9. The first-order valence-electron chi connectivity index (χ1n) is 6.47. The van der Waals surface area contributed by atoms with Crippen molar-refractivity contribution in [3.63, 3.8) is 0 Å². The Morgan fingerprint density at radius 2 is 2.28 bits per heavy atom. The fourth-order valence-electron chi connectivity index (χ4n) is 2.30. The van der Waals surface area contributed by atoms with E-state index in [1.807, 2.05) is 29.2 Å². The number of nitrogens with zero attached hydrogens (tertiary/aromatic N) is 1. The quantitative estimate of drug-likeness (QED) is 0.843. The summed E-state index contributed by atoms with van der Waals surface area (Å²) in [5.41, 5.74) is 2.04. The van der Waals surface area contributed by atoms with Crippen LogP contribution in [0.1, 0.15) is 18.9 Å². The minimum Gasteiger partial charge on any atom is -0.392 e. The van der Waals surface area contributed by atoms with Gasteiger partial charge < -0.3 is 10.4 Å². The van der Waals surface area contributed by atoms with Gasteiger partial charge in [0.25, 0.3) is 0 Å². The van der Waals surface area contributed by atoms with Crippen LogP contribution in [0.25, 0.3) is 0 Å². The highest BCUT2D eigenvalue weighted by atomic mass is 16.3. The Morgan fingerprint density at radius 3 is 2.94 bits per heavy atom. The van der Waals surface area contributed by atoms with Crippen LogP contribution in [0.2, 0.25) is 0 Å². The Kier molecular flexibility index (Phi) is 4.33. The highest BCUT2D eigenvalue weighted by Gasteiger charge is 2.22. The van der Waals surface area contributed by atoms with Crippen molar-refractivity contribution in [3.05, 3.63) is 29.8 Å². The summed E-state index contributed by atoms with van der Waals surface area (Å²) in [5.74, 6) is -0.00926. The fraction of sp³-hybridized carbons (Fsp3) is 0.500. The van der Waals surface area contributed by atoms with E-state index in [-0.39, 0.29) is 12.0 Å². The molecule has 4 nitrogen and oxygen atoms in total. The Balaban J connectivity index is 1.91. The highest BCUT2D eigenvalue weighted by Crippen LogP contribution is 2.15. The van der Waals surface area contributed by atoms with E-state index in [1.165, 1.54) is 0 Å². The predicted molar refractivity (Wildman–Crippen MR) is 71.5 cm³/mol. The first kappa shape index (κ1) is 13.1. The molecule has 0 saturated carbocycles. The molecule has 2 rings (SSSR count). The topological polar surface area (TPSA) is 52.6 Å². The number of rotatable bonds is 4. The monoisotopic (exact) mass is 248 g/mol. The van der Waals surface area contributed by atoms with Gasteiger partial charge in [-0.1, -0.05) is 25.1 Å². The lowest BCUT2D eigenvalue weighted by molar-refractivity contribution is -0.117. The van der Waals surface area contributed by atoms with Crippen molar-refractivity contribution < 1.29 is 9.90 Å². The van der Waals surface area contributed by atoms with Gasteiger partial charge in [-0.3, -0.25) is 9.69 Å². The van der Waals surface area contributed by atoms with Crippen LogP contribution in [0.3, 0.4) is 0 Å². The fourth-order valence-corrected chi connectivity index (χ4v) is 2.30. The maximum absolute atomic E-state index is 11.9. The van der Waals surface area contributed by atoms with Crippen LogP contribution in [-0.4, -0.2) is 41.7 Å². The number of hydrogen-bond acceptors (Lipinski definition) is 3. The van der Waals surface area contributed by atoms with Crippen LogP contribution in [-0.2, 0) is 11.2 Å². The Morgan fingerprint density at radius 1 is 1.50 bits per heavy atom. The number of aliphatic hydroxyl groups is 1. The molecule has 18 heavy (non-hydrogen) atoms. The number of hydrogen-bond donors (Lipinski definition) is 2. The summed E-state index contributed by atoms with van der Waals surface area (Å²) < 4.78 is 0. The number of anilines is 1. The molecular weight excluding hydrogens is 228 g/mol. The molecule has 1 fully saturated rings. The molecule has 1 aliphatic rings. The second kappa shape index (κ2) is 5.98. The first-order valence-corrected chi connectivity index (χ1v) is 6.47. The number of likely N-dealkylation sites (tertiary alicyclic amines) is 1. The van der Waals surface area contributed by atoms with E-state index in [9.17, 15) is 9.90 Å². The summed E-state index contributed by atoms with van der Waals surface area (Å²) in [7, 11) is 0. The highest BCUT2D eigenvalue weighted by molar-refractivity contribution is 5.93. The summed E-state index contributed by atoms with van der Waals surface area (Å²) >= 11 is 0. The Labute approximate surface area is 108 Å². The molecule has 0 aromatic heterocycles. The number of amides is 1. The molecule has 1 heterocycles. The minimum atomic E-state index is -0.277. The largest absolute Gasteiger partial charge is 0.392 e. The zero-order valence-electron chi connectivity index (χ0n) is 10.7. The minimum absolute atomic E-state index is 0.00926. The summed E-state index contributed by atoms with van der Waals surface area (Å²) in [6.45, 7) is 3.82. The van der Waals surface area contributed by atoms with Crippen molar-refractivity contribution in [1.29, 1.82) is 0 Å². The predicted octanol–water partition coefficient (Wildman–Crippen LogP) is 1.25. The second-order valence-electron chi connectivity index (χ2n) is 4.74. The molecule has 1 saturated heterocycles. The van der Waals surface area contributed by atoms with E-state index in [4.69, 9.17) is 0 Å². The van der Waals surface area contributed by atoms with Gasteiger partial charge in [0.1, 0.15) is 0 Å². The molecular formula is C14H20N2O2. The Hall–Kier alpha value is -1.39. The van der Waals surface area contributed by atoms with Crippen molar-refractivity contribution in [2.24, 2.45) is 0 Å². The molecule has 0 aliphatic carbocycles. The van der Waals surface area contributed by atoms with Gasteiger partial charge in [0.15, 0.2) is 0 Å². The third kappa shape index (κ3) is 3.31. The van der Waals surface area contributed by atoms with E-state index in [1.54, 1.807) is 0 Å². The third-order valence-corrected chi connectivity index (χ3v) is 3.29. The zero-order chi connectivity index (χ0) is 13.0. The number of carbonyl (C=O) groups is 1. The molecule has 0 radical (unpaired) electrons. The van der Waals surface area contributed by atoms with Crippen molar-refractivity contribution in [2.45, 2.75) is 25.9 Å². The lowest BCUT2D eigenvalue weighted by Gasteiger charge is -2.15. The number of benzene rings is 1. The second-order valence-corrected chi connectivity index (χ2v) is 4.74. The average Bonchev–Trinajstić information content (AvgIpc) is 2.75. The van der Waals surface area contributed by atoms with Gasteiger partial charge in [0, 0.05) is 18.8 Å². The molecule has 4 heteroatoms. The molecule has 0 unspecified atom stereocenters. The Bertz CT molecular complexity index is 420. The van der Waals surface area contributed by atoms with Crippen molar-refractivity contribution >= 4 is 11.6 Å². The van der Waals surface area contributed by atoms with Crippen molar-refractivity contribution in [3.8, 4) is 0 Å². The normalized spacial score (nSPS) is 20.0. The number of aryl methyl sites for hydroxylation is 1. The van der Waals surface area contributed by atoms with Gasteiger partial charge in [0.2, 0.25) is 5.91 Å². The zero-order valence-corrected chi connectivity index (χ0v) is 10.7. The van der Waals surface area contributed by atoms with E-state index in [2.05, 4.69) is 12.2 Å². The van der Waals surface area contributed by atoms with Gasteiger partial charge >= 0.3 is 0 Å². The van der Waals surface area contributed by atoms with Gasteiger partial charge in [-0.25, -0.2) is 0 Å². The van der Waals surface area contributed by atoms with E-state index in [0.717, 1.165) is 30.6 Å². The summed E-state index contributed by atoms with van der Waals surface area (Å²) in [6, 6.07) is 7.85. The standard InChI is InChI=1S/C14H20N2O2/c1-2-11-5-3-4-6-13(11)15-14(18)10-16-8-7-12(17)9-16/h3-6,12,17H,2,7-10H2,1H3,(H,15,18)/t12-/m0/s1. The number of β-amino-alcohol motifs (C(OH)–C–C–N with tert-alkyl or cyclic N) is 1. The number of carbonyl (C=O) groups excluding carboxylic acids is 1. The van der Waals surface area contributed by atoms with Crippen LogP contribution in [0.4, 0.5) is 5.69 Å². The van der Waals surface area contributed by atoms with E-state index < -0.39 is 0 Å². The van der Waals surface area contributed by atoms with Crippen LogP contribution in [0.5, 0.6) is 0 Å². The smallest absolute Gasteiger partial charge is 0.238 e. The lowest BCUT2D eigenvalue weighted by atomic mass is 10.1. The van der Waals surface area contributed by atoms with Gasteiger partial charge in [0.05, 0.1) is 12.6 Å². The maximum Gasteiger partial charge on any atom is 0.238 e. The number of nitrogens with one attached hydrogen (secondary N) is 1. The summed E-state index contributed by atoms with van der Waals surface area (Å²) in [5, 5.41) is 12.4. The molecule has 1 aromatic carbocycles. The SMILES string of the molecule is CCc1ccccc1NC(=O)CN1CC[C@H](O)C1. The average molecular weight is 248 g/mol. The van der Waals surface area contributed by atoms with Gasteiger partial charge in [-0.15, -0.1) is 0 Å². The van der Waals surface area contributed by atoms with Crippen LogP contribution in [0, 0.1) is 0 Å². The van der Waals surface area contributed by atoms with Crippen LogP contribution in [0.15, 0.2) is 24.3 Å². The molecule has 1 aliphatic heterocycles.